The fourth-order valence-corrected chi connectivity index (χ4v) is 2.56. The summed E-state index contributed by atoms with van der Waals surface area (Å²) in [5.41, 5.74) is 0. The largest absolute Gasteiger partial charge is 0.225 e. The predicted molar refractivity (Wildman–Crippen MR) is 61.1 cm³/mol. The second kappa shape index (κ2) is 3.32. The molecule has 0 aliphatic rings. The average Bonchev–Trinajstić information content (AvgIpc) is 2.45. The minimum Gasteiger partial charge on any atom is -0.136 e. The van der Waals surface area contributed by atoms with E-state index < -0.39 is 3.79 Å². The van der Waals surface area contributed by atoms with E-state index in [2.05, 4.69) is 0 Å². The van der Waals surface area contributed by atoms with E-state index in [0.717, 1.165) is 15.0 Å². The molecule has 0 fully saturated rings. The molecule has 0 saturated carbocycles. The first-order chi connectivity index (χ1) is 6.07. The van der Waals surface area contributed by atoms with Crippen LogP contribution in [0.15, 0.2) is 30.3 Å². The number of hydrogen-bond donors (Lipinski definition) is 0. The van der Waals surface area contributed by atoms with E-state index >= 15 is 0 Å². The van der Waals surface area contributed by atoms with Gasteiger partial charge < -0.3 is 0 Å². The third-order valence-corrected chi connectivity index (χ3v) is 3.89. The highest BCUT2D eigenvalue weighted by molar-refractivity contribution is 7.20. The van der Waals surface area contributed by atoms with Crippen molar-refractivity contribution >= 4 is 56.2 Å². The second-order valence-electron chi connectivity index (χ2n) is 2.65. The van der Waals surface area contributed by atoms with Crippen molar-refractivity contribution < 1.29 is 0 Å². The lowest BCUT2D eigenvalue weighted by atomic mass is 10.2. The molecule has 2 aromatic rings. The maximum absolute atomic E-state index is 5.77. The molecule has 0 amide bonds. The average molecular weight is 252 g/mol. The van der Waals surface area contributed by atoms with Crippen LogP contribution in [0.25, 0.3) is 10.1 Å². The van der Waals surface area contributed by atoms with Gasteiger partial charge in [-0.3, -0.25) is 0 Å². The SMILES string of the molecule is ClC(Cl)(Cl)c1cc2ccccc2s1. The van der Waals surface area contributed by atoms with Gasteiger partial charge in [0.15, 0.2) is 0 Å². The fraction of sp³-hybridized carbons (Fsp3) is 0.111. The summed E-state index contributed by atoms with van der Waals surface area (Å²) >= 11 is 18.8. The van der Waals surface area contributed by atoms with Crippen molar-refractivity contribution in [1.82, 2.24) is 0 Å². The first kappa shape index (κ1) is 9.60. The molecule has 13 heavy (non-hydrogen) atoms. The summed E-state index contributed by atoms with van der Waals surface area (Å²) in [6.45, 7) is 0. The van der Waals surface area contributed by atoms with Crippen molar-refractivity contribution in [2.75, 3.05) is 0 Å². The molecule has 0 aliphatic heterocycles. The molecule has 4 heteroatoms. The van der Waals surface area contributed by atoms with Gasteiger partial charge in [-0.1, -0.05) is 53.0 Å². The van der Waals surface area contributed by atoms with Crippen LogP contribution in [0.4, 0.5) is 0 Å². The van der Waals surface area contributed by atoms with Gasteiger partial charge in [0.05, 0.1) is 4.88 Å². The molecule has 0 radical (unpaired) electrons. The van der Waals surface area contributed by atoms with Crippen molar-refractivity contribution in [3.05, 3.63) is 35.2 Å². The summed E-state index contributed by atoms with van der Waals surface area (Å²) in [6.07, 6.45) is 0. The van der Waals surface area contributed by atoms with Gasteiger partial charge in [-0.25, -0.2) is 0 Å². The Morgan fingerprint density at radius 2 is 1.77 bits per heavy atom. The number of rotatable bonds is 0. The van der Waals surface area contributed by atoms with Gasteiger partial charge >= 0.3 is 0 Å². The lowest BCUT2D eigenvalue weighted by molar-refractivity contribution is 1.32. The minimum atomic E-state index is -1.30. The summed E-state index contributed by atoms with van der Waals surface area (Å²) < 4.78 is -0.159. The lowest BCUT2D eigenvalue weighted by Crippen LogP contribution is -1.94. The Hall–Kier alpha value is 0.0500. The molecule has 1 aromatic heterocycles. The number of fused-ring (bicyclic) bond motifs is 1. The van der Waals surface area contributed by atoms with Crippen LogP contribution in [-0.2, 0) is 3.79 Å². The molecule has 0 atom stereocenters. The van der Waals surface area contributed by atoms with Crippen molar-refractivity contribution in [1.29, 1.82) is 0 Å². The van der Waals surface area contributed by atoms with Crippen LogP contribution in [-0.4, -0.2) is 0 Å². The standard InChI is InChI=1S/C9H5Cl3S/c10-9(11,12)8-5-6-3-1-2-4-7(6)13-8/h1-5H. The third kappa shape index (κ3) is 1.94. The fourth-order valence-electron chi connectivity index (χ4n) is 1.12. The van der Waals surface area contributed by atoms with Crippen molar-refractivity contribution in [2.24, 2.45) is 0 Å². The molecule has 1 heterocycles. The van der Waals surface area contributed by atoms with Gasteiger partial charge in [0.25, 0.3) is 0 Å². The van der Waals surface area contributed by atoms with Gasteiger partial charge in [0.2, 0.25) is 3.79 Å². The Morgan fingerprint density at radius 3 is 2.38 bits per heavy atom. The molecule has 0 spiro atoms. The van der Waals surface area contributed by atoms with Gasteiger partial charge in [0, 0.05) is 4.70 Å². The Kier molecular flexibility index (Phi) is 2.45. The Balaban J connectivity index is 2.63. The third-order valence-electron chi connectivity index (χ3n) is 1.70. The van der Waals surface area contributed by atoms with E-state index in [-0.39, 0.29) is 0 Å². The number of benzene rings is 1. The lowest BCUT2D eigenvalue weighted by Gasteiger charge is -2.05. The molecule has 0 nitrogen and oxygen atoms in total. The van der Waals surface area contributed by atoms with Crippen LogP contribution >= 0.6 is 46.1 Å². The highest BCUT2D eigenvalue weighted by Gasteiger charge is 2.24. The number of alkyl halides is 3. The number of hydrogen-bond acceptors (Lipinski definition) is 1. The normalized spacial score (nSPS) is 12.2. The van der Waals surface area contributed by atoms with E-state index in [9.17, 15) is 0 Å². The molecule has 0 unspecified atom stereocenters. The summed E-state index contributed by atoms with van der Waals surface area (Å²) in [4.78, 5) is 0.763. The molecular weight excluding hydrogens is 247 g/mol. The van der Waals surface area contributed by atoms with Gasteiger partial charge in [-0.15, -0.1) is 11.3 Å². The van der Waals surface area contributed by atoms with Crippen molar-refractivity contribution in [3.8, 4) is 0 Å². The molecular formula is C9H5Cl3S. The summed E-state index contributed by atoms with van der Waals surface area (Å²) in [5, 5.41) is 1.12. The molecule has 1 aromatic carbocycles. The first-order valence-electron chi connectivity index (χ1n) is 3.63. The highest BCUT2D eigenvalue weighted by atomic mass is 35.6. The van der Waals surface area contributed by atoms with E-state index in [4.69, 9.17) is 34.8 Å². The zero-order valence-electron chi connectivity index (χ0n) is 6.43. The molecule has 68 valence electrons. The van der Waals surface area contributed by atoms with Gasteiger partial charge in [0.1, 0.15) is 0 Å². The van der Waals surface area contributed by atoms with Crippen molar-refractivity contribution in [3.63, 3.8) is 0 Å². The maximum Gasteiger partial charge on any atom is 0.225 e. The van der Waals surface area contributed by atoms with Crippen LogP contribution in [0.2, 0.25) is 0 Å². The smallest absolute Gasteiger partial charge is 0.136 e. The first-order valence-corrected chi connectivity index (χ1v) is 5.58. The predicted octanol–water partition coefficient (Wildman–Crippen LogP) is 4.73. The maximum atomic E-state index is 5.77. The minimum absolute atomic E-state index is 0.763. The summed E-state index contributed by atoms with van der Waals surface area (Å²) in [6, 6.07) is 9.87. The van der Waals surface area contributed by atoms with Crippen LogP contribution < -0.4 is 0 Å². The van der Waals surface area contributed by atoms with Crippen LogP contribution in [0.1, 0.15) is 4.88 Å². The van der Waals surface area contributed by atoms with Crippen LogP contribution in [0.5, 0.6) is 0 Å². The summed E-state index contributed by atoms with van der Waals surface area (Å²) in [7, 11) is 0. The van der Waals surface area contributed by atoms with Crippen molar-refractivity contribution in [2.45, 2.75) is 3.79 Å². The van der Waals surface area contributed by atoms with E-state index in [1.165, 1.54) is 11.3 Å². The van der Waals surface area contributed by atoms with Crippen LogP contribution in [0, 0.1) is 0 Å². The second-order valence-corrected chi connectivity index (χ2v) is 6.01. The molecule has 0 aliphatic carbocycles. The zero-order valence-corrected chi connectivity index (χ0v) is 9.51. The summed E-state index contributed by atoms with van der Waals surface area (Å²) in [5.74, 6) is 0. The van der Waals surface area contributed by atoms with E-state index in [0.29, 0.717) is 0 Å². The van der Waals surface area contributed by atoms with Crippen LogP contribution in [0.3, 0.4) is 0 Å². The monoisotopic (exact) mass is 250 g/mol. The molecule has 0 N–H and O–H groups in total. The van der Waals surface area contributed by atoms with Gasteiger partial charge in [-0.05, 0) is 17.5 Å². The zero-order chi connectivity index (χ0) is 9.47. The number of thiophene rings is 1. The highest BCUT2D eigenvalue weighted by Crippen LogP contribution is 2.43. The molecule has 0 saturated heterocycles. The molecule has 2 rings (SSSR count). The number of halogens is 3. The van der Waals surface area contributed by atoms with E-state index in [1.54, 1.807) is 0 Å². The molecule has 0 bridgehead atoms. The quantitative estimate of drug-likeness (QED) is 0.594. The van der Waals surface area contributed by atoms with Gasteiger partial charge in [-0.2, -0.15) is 0 Å². The Labute approximate surface area is 95.0 Å². The Morgan fingerprint density at radius 1 is 1.08 bits per heavy atom. The Bertz CT molecular complexity index is 395. The van der Waals surface area contributed by atoms with E-state index in [1.807, 2.05) is 30.3 Å². The topological polar surface area (TPSA) is 0 Å².